The van der Waals surface area contributed by atoms with Crippen LogP contribution >= 0.6 is 0 Å². The number of hydrogen-bond acceptors (Lipinski definition) is 4. The van der Waals surface area contributed by atoms with Crippen LogP contribution in [0.1, 0.15) is 13.3 Å². The normalized spacial score (nSPS) is 42.2. The van der Waals surface area contributed by atoms with Gasteiger partial charge in [0.25, 0.3) is 0 Å². The predicted octanol–water partition coefficient (Wildman–Crippen LogP) is 0.511. The molecule has 12 heavy (non-hydrogen) atoms. The van der Waals surface area contributed by atoms with Crippen molar-refractivity contribution in [3.05, 3.63) is 0 Å². The third kappa shape index (κ3) is 1.61. The van der Waals surface area contributed by atoms with Crippen LogP contribution in [0.2, 0.25) is 0 Å². The van der Waals surface area contributed by atoms with Crippen LogP contribution in [0.25, 0.3) is 0 Å². The van der Waals surface area contributed by atoms with Crippen LogP contribution in [-0.4, -0.2) is 38.5 Å². The molecule has 2 fully saturated rings. The molecule has 0 saturated carbocycles. The van der Waals surface area contributed by atoms with Crippen molar-refractivity contribution in [3.8, 4) is 0 Å². The number of hydrogen-bond donors (Lipinski definition) is 0. The number of ether oxygens (including phenoxy) is 4. The van der Waals surface area contributed by atoms with Gasteiger partial charge in [-0.15, -0.1) is 0 Å². The molecule has 0 spiro atoms. The van der Waals surface area contributed by atoms with E-state index in [1.165, 1.54) is 0 Å². The molecular weight excluding hydrogens is 160 g/mol. The third-order valence-corrected chi connectivity index (χ3v) is 2.13. The van der Waals surface area contributed by atoms with Gasteiger partial charge in [-0.1, -0.05) is 6.92 Å². The molecule has 2 aliphatic heterocycles. The van der Waals surface area contributed by atoms with Gasteiger partial charge in [0, 0.05) is 0 Å². The Kier molecular flexibility index (Phi) is 2.60. The standard InChI is InChI=1S/C8H14O4/c1-2-8-11-6-3-9-5-10-4-7(6)12-8/h6-8H,2-5H2,1H3. The van der Waals surface area contributed by atoms with E-state index in [0.717, 1.165) is 6.42 Å². The zero-order valence-corrected chi connectivity index (χ0v) is 7.19. The lowest BCUT2D eigenvalue weighted by atomic mass is 10.2. The predicted molar refractivity (Wildman–Crippen MR) is 40.6 cm³/mol. The van der Waals surface area contributed by atoms with Crippen LogP contribution in [0.4, 0.5) is 0 Å². The van der Waals surface area contributed by atoms with Gasteiger partial charge in [-0.25, -0.2) is 0 Å². The number of rotatable bonds is 1. The molecule has 0 aromatic carbocycles. The Morgan fingerprint density at radius 1 is 1.08 bits per heavy atom. The fourth-order valence-corrected chi connectivity index (χ4v) is 1.47. The van der Waals surface area contributed by atoms with Crippen molar-refractivity contribution in [2.45, 2.75) is 31.8 Å². The van der Waals surface area contributed by atoms with Gasteiger partial charge in [0.1, 0.15) is 19.0 Å². The van der Waals surface area contributed by atoms with Crippen LogP contribution in [0.3, 0.4) is 0 Å². The average molecular weight is 174 g/mol. The third-order valence-electron chi connectivity index (χ3n) is 2.13. The highest BCUT2D eigenvalue weighted by molar-refractivity contribution is 4.77. The largest absolute Gasteiger partial charge is 0.353 e. The second-order valence-electron chi connectivity index (χ2n) is 3.05. The Morgan fingerprint density at radius 2 is 1.67 bits per heavy atom. The van der Waals surface area contributed by atoms with E-state index in [4.69, 9.17) is 18.9 Å². The first-order valence-corrected chi connectivity index (χ1v) is 4.36. The molecule has 4 nitrogen and oxygen atoms in total. The SMILES string of the molecule is CCC1OC2COCOCC2O1. The van der Waals surface area contributed by atoms with Gasteiger partial charge in [0.05, 0.1) is 13.2 Å². The van der Waals surface area contributed by atoms with E-state index in [1.807, 2.05) is 6.92 Å². The van der Waals surface area contributed by atoms with Gasteiger partial charge >= 0.3 is 0 Å². The van der Waals surface area contributed by atoms with E-state index in [1.54, 1.807) is 0 Å². The van der Waals surface area contributed by atoms with Crippen LogP contribution in [0, 0.1) is 0 Å². The molecule has 0 N–H and O–H groups in total. The van der Waals surface area contributed by atoms with Crippen molar-refractivity contribution < 1.29 is 18.9 Å². The summed E-state index contributed by atoms with van der Waals surface area (Å²) in [5, 5.41) is 0. The molecule has 2 aliphatic rings. The summed E-state index contributed by atoms with van der Waals surface area (Å²) in [6.45, 7) is 3.57. The van der Waals surface area contributed by atoms with E-state index < -0.39 is 0 Å². The van der Waals surface area contributed by atoms with Gasteiger partial charge in [-0.05, 0) is 6.42 Å². The second-order valence-corrected chi connectivity index (χ2v) is 3.05. The quantitative estimate of drug-likeness (QED) is 0.580. The van der Waals surface area contributed by atoms with Crippen molar-refractivity contribution in [2.75, 3.05) is 20.0 Å². The lowest BCUT2D eigenvalue weighted by molar-refractivity contribution is -0.115. The lowest BCUT2D eigenvalue weighted by Gasteiger charge is -2.09. The fraction of sp³-hybridized carbons (Fsp3) is 1.00. The van der Waals surface area contributed by atoms with E-state index in [2.05, 4.69) is 0 Å². The molecule has 2 saturated heterocycles. The zero-order valence-electron chi connectivity index (χ0n) is 7.19. The fourth-order valence-electron chi connectivity index (χ4n) is 1.47. The van der Waals surface area contributed by atoms with Crippen molar-refractivity contribution >= 4 is 0 Å². The minimum Gasteiger partial charge on any atom is -0.353 e. The van der Waals surface area contributed by atoms with Crippen LogP contribution in [0.15, 0.2) is 0 Å². The van der Waals surface area contributed by atoms with Crippen molar-refractivity contribution in [1.29, 1.82) is 0 Å². The van der Waals surface area contributed by atoms with E-state index in [9.17, 15) is 0 Å². The maximum atomic E-state index is 5.57. The molecule has 2 heterocycles. The molecular formula is C8H14O4. The monoisotopic (exact) mass is 174 g/mol. The molecule has 0 bridgehead atoms. The van der Waals surface area contributed by atoms with Crippen LogP contribution in [0.5, 0.6) is 0 Å². The lowest BCUT2D eigenvalue weighted by Crippen LogP contribution is -2.27. The molecule has 2 atom stereocenters. The van der Waals surface area contributed by atoms with Crippen LogP contribution < -0.4 is 0 Å². The molecule has 2 unspecified atom stereocenters. The first kappa shape index (κ1) is 8.44. The molecule has 0 aliphatic carbocycles. The van der Waals surface area contributed by atoms with Gasteiger partial charge in [0.2, 0.25) is 0 Å². The molecule has 4 heteroatoms. The highest BCUT2D eigenvalue weighted by atomic mass is 16.8. The Bertz CT molecular complexity index is 136. The van der Waals surface area contributed by atoms with E-state index in [-0.39, 0.29) is 18.5 Å². The maximum Gasteiger partial charge on any atom is 0.158 e. The molecule has 0 aromatic heterocycles. The summed E-state index contributed by atoms with van der Waals surface area (Å²) in [7, 11) is 0. The summed E-state index contributed by atoms with van der Waals surface area (Å²) in [5.41, 5.74) is 0. The Balaban J connectivity index is 1.92. The van der Waals surface area contributed by atoms with Crippen molar-refractivity contribution in [1.82, 2.24) is 0 Å². The average Bonchev–Trinajstić information content (AvgIpc) is 2.37. The topological polar surface area (TPSA) is 36.9 Å². The van der Waals surface area contributed by atoms with Gasteiger partial charge in [0.15, 0.2) is 6.29 Å². The summed E-state index contributed by atoms with van der Waals surface area (Å²) < 4.78 is 21.5. The molecule has 2 rings (SSSR count). The first-order valence-electron chi connectivity index (χ1n) is 4.36. The summed E-state index contributed by atoms with van der Waals surface area (Å²) in [5.74, 6) is 0. The Labute approximate surface area is 71.7 Å². The van der Waals surface area contributed by atoms with Crippen LogP contribution in [-0.2, 0) is 18.9 Å². The molecule has 0 aromatic rings. The molecule has 0 amide bonds. The van der Waals surface area contributed by atoms with E-state index >= 15 is 0 Å². The zero-order chi connectivity index (χ0) is 8.39. The second kappa shape index (κ2) is 3.70. The Morgan fingerprint density at radius 3 is 2.17 bits per heavy atom. The molecule has 0 radical (unpaired) electrons. The number of fused-ring (bicyclic) bond motifs is 1. The van der Waals surface area contributed by atoms with Crippen molar-refractivity contribution in [3.63, 3.8) is 0 Å². The highest BCUT2D eigenvalue weighted by Gasteiger charge is 2.36. The first-order chi connectivity index (χ1) is 5.90. The maximum absolute atomic E-state index is 5.57. The van der Waals surface area contributed by atoms with Gasteiger partial charge in [-0.2, -0.15) is 0 Å². The Hall–Kier alpha value is -0.160. The summed E-state index contributed by atoms with van der Waals surface area (Å²) in [6, 6.07) is 0. The van der Waals surface area contributed by atoms with E-state index in [0.29, 0.717) is 20.0 Å². The summed E-state index contributed by atoms with van der Waals surface area (Å²) in [4.78, 5) is 0. The highest BCUT2D eigenvalue weighted by Crippen LogP contribution is 2.23. The van der Waals surface area contributed by atoms with Gasteiger partial charge in [-0.3, -0.25) is 0 Å². The van der Waals surface area contributed by atoms with Crippen molar-refractivity contribution in [2.24, 2.45) is 0 Å². The minimum absolute atomic E-state index is 0.0645. The molecule has 70 valence electrons. The smallest absolute Gasteiger partial charge is 0.158 e. The summed E-state index contributed by atoms with van der Waals surface area (Å²) in [6.07, 6.45) is 0.952. The van der Waals surface area contributed by atoms with Gasteiger partial charge < -0.3 is 18.9 Å². The minimum atomic E-state index is -0.0645. The summed E-state index contributed by atoms with van der Waals surface area (Å²) >= 11 is 0.